The lowest BCUT2D eigenvalue weighted by Gasteiger charge is -2.25. The van der Waals surface area contributed by atoms with Gasteiger partial charge in [0.25, 0.3) is 0 Å². The van der Waals surface area contributed by atoms with Crippen LogP contribution in [0.25, 0.3) is 0 Å². The maximum Gasteiger partial charge on any atom is 0.227 e. The second kappa shape index (κ2) is 7.29. The Morgan fingerprint density at radius 3 is 2.70 bits per heavy atom. The average Bonchev–Trinajstić information content (AvgIpc) is 2.49. The number of hydrogen-bond acceptors (Lipinski definition) is 3. The van der Waals surface area contributed by atoms with Crippen LogP contribution in [0.15, 0.2) is 24.3 Å². The van der Waals surface area contributed by atoms with Crippen molar-refractivity contribution in [2.24, 2.45) is 0 Å². The number of amides is 1. The second-order valence-electron chi connectivity index (χ2n) is 5.26. The van der Waals surface area contributed by atoms with Gasteiger partial charge >= 0.3 is 0 Å². The molecule has 1 aliphatic heterocycles. The van der Waals surface area contributed by atoms with Crippen LogP contribution in [0, 0.1) is 0 Å². The first-order chi connectivity index (χ1) is 9.70. The molecule has 0 radical (unpaired) electrons. The number of benzene rings is 1. The van der Waals surface area contributed by atoms with Crippen molar-refractivity contribution < 1.29 is 9.53 Å². The van der Waals surface area contributed by atoms with Crippen LogP contribution in [0.2, 0.25) is 0 Å². The highest BCUT2D eigenvalue weighted by atomic mass is 16.5. The molecule has 2 rings (SSSR count). The maximum absolute atomic E-state index is 12.3. The maximum atomic E-state index is 12.3. The van der Waals surface area contributed by atoms with Gasteiger partial charge in [0.15, 0.2) is 0 Å². The molecule has 110 valence electrons. The summed E-state index contributed by atoms with van der Waals surface area (Å²) < 4.78 is 5.68. The third-order valence-electron chi connectivity index (χ3n) is 3.78. The number of nitrogen functional groups attached to an aromatic ring is 1. The van der Waals surface area contributed by atoms with Crippen molar-refractivity contribution in [3.63, 3.8) is 0 Å². The number of carbonyl (C=O) groups excluding carboxylic acids is 1. The summed E-state index contributed by atoms with van der Waals surface area (Å²) in [4.78, 5) is 14.1. The van der Waals surface area contributed by atoms with Crippen molar-refractivity contribution in [3.8, 4) is 0 Å². The summed E-state index contributed by atoms with van der Waals surface area (Å²) in [6, 6.07) is 7.45. The molecule has 0 spiro atoms. The van der Waals surface area contributed by atoms with Gasteiger partial charge in [-0.05, 0) is 56.9 Å². The van der Waals surface area contributed by atoms with E-state index in [9.17, 15) is 4.79 Å². The molecule has 2 N–H and O–H groups in total. The lowest BCUT2D eigenvalue weighted by Crippen LogP contribution is -2.31. The van der Waals surface area contributed by atoms with Crippen molar-refractivity contribution in [2.75, 3.05) is 23.8 Å². The molecular weight excluding hydrogens is 252 g/mol. The van der Waals surface area contributed by atoms with E-state index in [-0.39, 0.29) is 12.0 Å². The number of carbonyl (C=O) groups is 1. The highest BCUT2D eigenvalue weighted by Crippen LogP contribution is 2.20. The van der Waals surface area contributed by atoms with Gasteiger partial charge in [-0.15, -0.1) is 0 Å². The number of nitrogens with two attached hydrogens (primary N) is 1. The highest BCUT2D eigenvalue weighted by molar-refractivity contribution is 5.93. The van der Waals surface area contributed by atoms with Crippen LogP contribution >= 0.6 is 0 Å². The molecule has 1 aromatic rings. The van der Waals surface area contributed by atoms with Crippen LogP contribution in [0.1, 0.15) is 39.0 Å². The number of anilines is 2. The molecule has 1 aliphatic rings. The molecule has 4 heteroatoms. The largest absolute Gasteiger partial charge is 0.399 e. The Labute approximate surface area is 120 Å². The predicted octanol–water partition coefficient (Wildman–Crippen LogP) is 2.97. The molecule has 0 saturated carbocycles. The zero-order chi connectivity index (χ0) is 14.4. The second-order valence-corrected chi connectivity index (χ2v) is 5.26. The van der Waals surface area contributed by atoms with Crippen molar-refractivity contribution in [1.29, 1.82) is 0 Å². The third kappa shape index (κ3) is 3.97. The summed E-state index contributed by atoms with van der Waals surface area (Å²) in [7, 11) is 0. The van der Waals surface area contributed by atoms with Gasteiger partial charge in [0.1, 0.15) is 0 Å². The normalized spacial score (nSPS) is 18.8. The summed E-state index contributed by atoms with van der Waals surface area (Å²) in [5.41, 5.74) is 7.31. The first-order valence-electron chi connectivity index (χ1n) is 7.48. The number of rotatable bonds is 5. The van der Waals surface area contributed by atoms with Crippen molar-refractivity contribution in [3.05, 3.63) is 24.3 Å². The Kier molecular flexibility index (Phi) is 5.41. The third-order valence-corrected chi connectivity index (χ3v) is 3.78. The minimum absolute atomic E-state index is 0.159. The molecule has 1 amide bonds. The number of hydrogen-bond donors (Lipinski definition) is 1. The molecular formula is C16H24N2O2. The molecule has 1 heterocycles. The zero-order valence-corrected chi connectivity index (χ0v) is 12.2. The quantitative estimate of drug-likeness (QED) is 0.841. The van der Waals surface area contributed by atoms with Crippen molar-refractivity contribution in [1.82, 2.24) is 0 Å². The van der Waals surface area contributed by atoms with Gasteiger partial charge < -0.3 is 15.4 Å². The zero-order valence-electron chi connectivity index (χ0n) is 12.2. The molecule has 1 fully saturated rings. The Morgan fingerprint density at radius 1 is 1.35 bits per heavy atom. The van der Waals surface area contributed by atoms with Crippen LogP contribution in [0.3, 0.4) is 0 Å². The SMILES string of the molecule is CCN(C(=O)CCC1CCCCO1)c1ccc(N)cc1. The van der Waals surface area contributed by atoms with E-state index in [2.05, 4.69) is 0 Å². The minimum Gasteiger partial charge on any atom is -0.399 e. The summed E-state index contributed by atoms with van der Waals surface area (Å²) in [5.74, 6) is 0.159. The summed E-state index contributed by atoms with van der Waals surface area (Å²) >= 11 is 0. The van der Waals surface area contributed by atoms with E-state index in [4.69, 9.17) is 10.5 Å². The molecule has 1 aromatic carbocycles. The topological polar surface area (TPSA) is 55.6 Å². The fourth-order valence-electron chi connectivity index (χ4n) is 2.61. The van der Waals surface area contributed by atoms with E-state index in [1.54, 1.807) is 0 Å². The molecule has 0 bridgehead atoms. The monoisotopic (exact) mass is 276 g/mol. The number of ether oxygens (including phenoxy) is 1. The average molecular weight is 276 g/mol. The van der Waals surface area contributed by atoms with E-state index in [1.165, 1.54) is 6.42 Å². The van der Waals surface area contributed by atoms with Crippen LogP contribution < -0.4 is 10.6 Å². The van der Waals surface area contributed by atoms with Crippen molar-refractivity contribution >= 4 is 17.3 Å². The van der Waals surface area contributed by atoms with Gasteiger partial charge in [0, 0.05) is 30.9 Å². The van der Waals surface area contributed by atoms with E-state index >= 15 is 0 Å². The summed E-state index contributed by atoms with van der Waals surface area (Å²) in [6.45, 7) is 3.51. The van der Waals surface area contributed by atoms with Crippen LogP contribution in [-0.4, -0.2) is 25.2 Å². The van der Waals surface area contributed by atoms with Crippen LogP contribution in [0.4, 0.5) is 11.4 Å². The Bertz CT molecular complexity index is 425. The smallest absolute Gasteiger partial charge is 0.227 e. The molecule has 1 atom stereocenters. The van der Waals surface area contributed by atoms with Gasteiger partial charge in [-0.1, -0.05) is 0 Å². The van der Waals surface area contributed by atoms with E-state index in [0.717, 1.165) is 31.6 Å². The number of nitrogens with zero attached hydrogens (tertiary/aromatic N) is 1. The fraction of sp³-hybridized carbons (Fsp3) is 0.562. The molecule has 1 saturated heterocycles. The summed E-state index contributed by atoms with van der Waals surface area (Å²) in [5, 5.41) is 0. The standard InChI is InChI=1S/C16H24N2O2/c1-2-18(14-8-6-13(17)7-9-14)16(19)11-10-15-5-3-4-12-20-15/h6-9,15H,2-5,10-12,17H2,1H3. The van der Waals surface area contributed by atoms with Crippen LogP contribution in [-0.2, 0) is 9.53 Å². The molecule has 20 heavy (non-hydrogen) atoms. The van der Waals surface area contributed by atoms with Gasteiger partial charge in [-0.25, -0.2) is 0 Å². The Balaban J connectivity index is 1.89. The molecule has 1 unspecified atom stereocenters. The lowest BCUT2D eigenvalue weighted by atomic mass is 10.0. The lowest BCUT2D eigenvalue weighted by molar-refractivity contribution is -0.119. The first-order valence-corrected chi connectivity index (χ1v) is 7.48. The molecule has 4 nitrogen and oxygen atoms in total. The van der Waals surface area contributed by atoms with Crippen LogP contribution in [0.5, 0.6) is 0 Å². The minimum atomic E-state index is 0.159. The van der Waals surface area contributed by atoms with Gasteiger partial charge in [0.2, 0.25) is 5.91 Å². The van der Waals surface area contributed by atoms with E-state index in [0.29, 0.717) is 18.7 Å². The van der Waals surface area contributed by atoms with Gasteiger partial charge in [-0.2, -0.15) is 0 Å². The molecule has 0 aromatic heterocycles. The van der Waals surface area contributed by atoms with Gasteiger partial charge in [0.05, 0.1) is 6.10 Å². The van der Waals surface area contributed by atoms with Gasteiger partial charge in [-0.3, -0.25) is 4.79 Å². The predicted molar refractivity (Wildman–Crippen MR) is 81.7 cm³/mol. The van der Waals surface area contributed by atoms with Crippen molar-refractivity contribution in [2.45, 2.75) is 45.1 Å². The first kappa shape index (κ1) is 14.9. The Hall–Kier alpha value is -1.55. The Morgan fingerprint density at radius 2 is 2.10 bits per heavy atom. The molecule has 0 aliphatic carbocycles. The highest BCUT2D eigenvalue weighted by Gasteiger charge is 2.18. The fourth-order valence-corrected chi connectivity index (χ4v) is 2.61. The summed E-state index contributed by atoms with van der Waals surface area (Å²) in [6.07, 6.45) is 5.08. The van der Waals surface area contributed by atoms with E-state index < -0.39 is 0 Å². The van der Waals surface area contributed by atoms with E-state index in [1.807, 2.05) is 36.1 Å².